The van der Waals surface area contributed by atoms with Gasteiger partial charge in [0.15, 0.2) is 5.82 Å². The summed E-state index contributed by atoms with van der Waals surface area (Å²) in [5, 5.41) is 3.44. The molecule has 2 aromatic rings. The minimum absolute atomic E-state index is 0.834. The van der Waals surface area contributed by atoms with E-state index in [-0.39, 0.29) is 0 Å². The zero-order valence-electron chi connectivity index (χ0n) is 11.0. The molecule has 0 amide bonds. The summed E-state index contributed by atoms with van der Waals surface area (Å²) in [6.07, 6.45) is 1.10. The van der Waals surface area contributed by atoms with E-state index < -0.39 is 0 Å². The highest BCUT2D eigenvalue weighted by molar-refractivity contribution is 7.98. The number of benzene rings is 1. The first-order valence-corrected chi connectivity index (χ1v) is 7.80. The van der Waals surface area contributed by atoms with Gasteiger partial charge in [-0.1, -0.05) is 37.3 Å². The summed E-state index contributed by atoms with van der Waals surface area (Å²) in [6.45, 7) is 3.13. The number of hydrogen-bond donors (Lipinski definition) is 1. The molecule has 1 aromatic heterocycles. The molecule has 0 saturated carbocycles. The molecule has 0 saturated heterocycles. The third kappa shape index (κ3) is 2.59. The van der Waals surface area contributed by atoms with E-state index >= 15 is 0 Å². The number of hydrogen-bond acceptors (Lipinski definition) is 4. The van der Waals surface area contributed by atoms with E-state index in [1.807, 2.05) is 30.0 Å². The molecule has 0 aliphatic carbocycles. The Kier molecular flexibility index (Phi) is 3.69. The van der Waals surface area contributed by atoms with Crippen molar-refractivity contribution in [2.24, 2.45) is 0 Å². The molecule has 0 unspecified atom stereocenters. The summed E-state index contributed by atoms with van der Waals surface area (Å²) in [6, 6.07) is 10.2. The van der Waals surface area contributed by atoms with Gasteiger partial charge in [0.25, 0.3) is 0 Å². The molecule has 0 radical (unpaired) electrons. The predicted molar refractivity (Wildman–Crippen MR) is 81.2 cm³/mol. The van der Waals surface area contributed by atoms with Gasteiger partial charge in [0.05, 0.1) is 5.69 Å². The van der Waals surface area contributed by atoms with Crippen LogP contribution in [0.2, 0.25) is 0 Å². The van der Waals surface area contributed by atoms with Gasteiger partial charge in [-0.15, -0.1) is 0 Å². The normalized spacial score (nSPS) is 13.3. The van der Waals surface area contributed by atoms with Gasteiger partial charge < -0.3 is 5.32 Å². The average Bonchev–Trinajstić information content (AvgIpc) is 2.94. The van der Waals surface area contributed by atoms with Crippen molar-refractivity contribution in [2.75, 3.05) is 11.9 Å². The van der Waals surface area contributed by atoms with Gasteiger partial charge in [-0.25, -0.2) is 9.97 Å². The number of rotatable bonds is 4. The average molecular weight is 271 g/mol. The van der Waals surface area contributed by atoms with Crippen molar-refractivity contribution in [1.29, 1.82) is 0 Å². The summed E-state index contributed by atoms with van der Waals surface area (Å²) < 4.78 is 0. The first kappa shape index (κ1) is 12.5. The number of nitrogens with one attached hydrogen (secondary N) is 1. The lowest BCUT2D eigenvalue weighted by Gasteiger charge is -2.11. The number of anilines is 1. The lowest BCUT2D eigenvalue weighted by Crippen LogP contribution is -2.08. The quantitative estimate of drug-likeness (QED) is 0.920. The van der Waals surface area contributed by atoms with Crippen LogP contribution < -0.4 is 5.32 Å². The van der Waals surface area contributed by atoms with Gasteiger partial charge in [-0.3, -0.25) is 0 Å². The third-order valence-electron chi connectivity index (χ3n) is 3.15. The van der Waals surface area contributed by atoms with Crippen LogP contribution in [0.4, 0.5) is 5.82 Å². The van der Waals surface area contributed by atoms with E-state index in [1.165, 1.54) is 11.3 Å². The van der Waals surface area contributed by atoms with Crippen molar-refractivity contribution >= 4 is 17.6 Å². The molecule has 0 spiro atoms. The summed E-state index contributed by atoms with van der Waals surface area (Å²) in [5.74, 6) is 3.88. The van der Waals surface area contributed by atoms with E-state index in [2.05, 4.69) is 24.4 Å². The molecular formula is C15H17N3S. The molecule has 2 heterocycles. The van der Waals surface area contributed by atoms with E-state index in [1.54, 1.807) is 0 Å². The molecule has 4 heteroatoms. The van der Waals surface area contributed by atoms with Crippen molar-refractivity contribution in [3.63, 3.8) is 0 Å². The molecular weight excluding hydrogens is 254 g/mol. The number of fused-ring (bicyclic) bond motifs is 1. The zero-order valence-corrected chi connectivity index (χ0v) is 11.8. The molecule has 1 N–H and O–H groups in total. The molecule has 19 heavy (non-hydrogen) atoms. The van der Waals surface area contributed by atoms with Gasteiger partial charge in [0.1, 0.15) is 5.82 Å². The summed E-state index contributed by atoms with van der Waals surface area (Å²) in [4.78, 5) is 9.44. The first-order valence-electron chi connectivity index (χ1n) is 6.65. The van der Waals surface area contributed by atoms with Gasteiger partial charge in [0, 0.05) is 29.2 Å². The van der Waals surface area contributed by atoms with Crippen molar-refractivity contribution in [3.05, 3.63) is 41.6 Å². The second kappa shape index (κ2) is 5.61. The van der Waals surface area contributed by atoms with Crippen molar-refractivity contribution in [3.8, 4) is 11.4 Å². The van der Waals surface area contributed by atoms with Crippen molar-refractivity contribution in [1.82, 2.24) is 9.97 Å². The van der Waals surface area contributed by atoms with E-state index in [9.17, 15) is 0 Å². The smallest absolute Gasteiger partial charge is 0.161 e. The van der Waals surface area contributed by atoms with Gasteiger partial charge in [-0.05, 0) is 6.42 Å². The highest BCUT2D eigenvalue weighted by Crippen LogP contribution is 2.34. The molecule has 3 rings (SSSR count). The predicted octanol–water partition coefficient (Wildman–Crippen LogP) is 3.71. The summed E-state index contributed by atoms with van der Waals surface area (Å²) >= 11 is 1.91. The number of thioether (sulfide) groups is 1. The SMILES string of the molecule is CCCNc1nc(-c2ccccc2)nc2c1CSC2. The van der Waals surface area contributed by atoms with Gasteiger partial charge >= 0.3 is 0 Å². The largest absolute Gasteiger partial charge is 0.370 e. The van der Waals surface area contributed by atoms with E-state index in [0.29, 0.717) is 0 Å². The Morgan fingerprint density at radius 2 is 2.00 bits per heavy atom. The maximum Gasteiger partial charge on any atom is 0.161 e. The monoisotopic (exact) mass is 271 g/mol. The van der Waals surface area contributed by atoms with Crippen LogP contribution in [0.1, 0.15) is 24.6 Å². The fourth-order valence-corrected chi connectivity index (χ4v) is 3.20. The molecule has 1 aliphatic heterocycles. The van der Waals surface area contributed by atoms with Crippen molar-refractivity contribution < 1.29 is 0 Å². The number of nitrogens with zero attached hydrogens (tertiary/aromatic N) is 2. The molecule has 0 fully saturated rings. The van der Waals surface area contributed by atoms with Crippen LogP contribution in [-0.2, 0) is 11.5 Å². The highest BCUT2D eigenvalue weighted by Gasteiger charge is 2.19. The maximum atomic E-state index is 4.72. The molecule has 1 aliphatic rings. The summed E-state index contributed by atoms with van der Waals surface area (Å²) in [5.41, 5.74) is 3.57. The Morgan fingerprint density at radius 1 is 1.16 bits per heavy atom. The van der Waals surface area contributed by atoms with Gasteiger partial charge in [0.2, 0.25) is 0 Å². The Bertz CT molecular complexity index is 569. The second-order valence-electron chi connectivity index (χ2n) is 4.61. The van der Waals surface area contributed by atoms with Crippen LogP contribution in [0.5, 0.6) is 0 Å². The Labute approximate surface area is 117 Å². The Balaban J connectivity index is 2.02. The molecule has 1 aromatic carbocycles. The lowest BCUT2D eigenvalue weighted by atomic mass is 10.2. The van der Waals surface area contributed by atoms with E-state index in [0.717, 1.165) is 41.7 Å². The second-order valence-corrected chi connectivity index (χ2v) is 5.59. The van der Waals surface area contributed by atoms with Crippen molar-refractivity contribution in [2.45, 2.75) is 24.9 Å². The fraction of sp³-hybridized carbons (Fsp3) is 0.333. The molecule has 3 nitrogen and oxygen atoms in total. The zero-order chi connectivity index (χ0) is 13.1. The molecule has 98 valence electrons. The van der Waals surface area contributed by atoms with Crippen LogP contribution in [0, 0.1) is 0 Å². The van der Waals surface area contributed by atoms with Gasteiger partial charge in [-0.2, -0.15) is 11.8 Å². The highest BCUT2D eigenvalue weighted by atomic mass is 32.2. The van der Waals surface area contributed by atoms with Crippen LogP contribution in [-0.4, -0.2) is 16.5 Å². The standard InChI is InChI=1S/C15H17N3S/c1-2-8-16-15-12-9-19-10-13(12)17-14(18-15)11-6-4-3-5-7-11/h3-7H,2,8-10H2,1H3,(H,16,17,18). The topological polar surface area (TPSA) is 37.8 Å². The fourth-order valence-electron chi connectivity index (χ4n) is 2.16. The minimum atomic E-state index is 0.834. The van der Waals surface area contributed by atoms with Crippen LogP contribution in [0.3, 0.4) is 0 Å². The van der Waals surface area contributed by atoms with E-state index in [4.69, 9.17) is 9.97 Å². The maximum absolute atomic E-state index is 4.72. The van der Waals surface area contributed by atoms with Crippen LogP contribution >= 0.6 is 11.8 Å². The first-order chi connectivity index (χ1) is 9.38. The van der Waals surface area contributed by atoms with Crippen LogP contribution in [0.25, 0.3) is 11.4 Å². The number of aromatic nitrogens is 2. The van der Waals surface area contributed by atoms with Crippen LogP contribution in [0.15, 0.2) is 30.3 Å². The molecule has 0 bridgehead atoms. The molecule has 0 atom stereocenters. The lowest BCUT2D eigenvalue weighted by molar-refractivity contribution is 0.955. The Morgan fingerprint density at radius 3 is 2.79 bits per heavy atom. The summed E-state index contributed by atoms with van der Waals surface area (Å²) in [7, 11) is 0. The minimum Gasteiger partial charge on any atom is -0.370 e. The Hall–Kier alpha value is -1.55. The third-order valence-corrected chi connectivity index (χ3v) is 4.12.